The first-order valence-electron chi connectivity index (χ1n) is 8.76. The van der Waals surface area contributed by atoms with E-state index in [1.54, 1.807) is 0 Å². The van der Waals surface area contributed by atoms with Crippen molar-refractivity contribution in [3.63, 3.8) is 0 Å². The highest BCUT2D eigenvalue weighted by atomic mass is 15.4. The van der Waals surface area contributed by atoms with E-state index in [9.17, 15) is 0 Å². The number of aromatic nitrogens is 3. The van der Waals surface area contributed by atoms with Crippen molar-refractivity contribution in [3.8, 4) is 0 Å². The summed E-state index contributed by atoms with van der Waals surface area (Å²) in [4.78, 5) is 2.55. The van der Waals surface area contributed by atoms with Crippen LogP contribution in [0.15, 0.2) is 42.1 Å². The van der Waals surface area contributed by atoms with Crippen LogP contribution in [0.4, 0.5) is 0 Å². The first-order chi connectivity index (χ1) is 11.7. The predicted molar refractivity (Wildman–Crippen MR) is 97.2 cm³/mol. The smallest absolute Gasteiger partial charge is 0.0962 e. The molecular weight excluding hydrogens is 298 g/mol. The molecule has 0 aliphatic carbocycles. The molecule has 2 N–H and O–H groups in total. The topological polar surface area (TPSA) is 60.0 Å². The summed E-state index contributed by atoms with van der Waals surface area (Å²) in [5.74, 6) is 0.687. The molecule has 0 spiro atoms. The first-order valence-corrected chi connectivity index (χ1v) is 8.76. The molecule has 5 nitrogen and oxygen atoms in total. The zero-order valence-corrected chi connectivity index (χ0v) is 14.4. The van der Waals surface area contributed by atoms with Crippen LogP contribution in [0, 0.1) is 5.92 Å². The Balaban J connectivity index is 1.45. The highest BCUT2D eigenvalue weighted by Gasteiger charge is 2.20. The molecule has 1 saturated heterocycles. The molecule has 0 unspecified atom stereocenters. The van der Waals surface area contributed by atoms with E-state index in [-0.39, 0.29) is 0 Å². The summed E-state index contributed by atoms with van der Waals surface area (Å²) in [5.41, 5.74) is 9.16. The SMILES string of the molecule is C/C(=C\c1ccccc1)CN1CCC(Cn2cc(CN)nn2)CC1. The van der Waals surface area contributed by atoms with Crippen molar-refractivity contribution in [3.05, 3.63) is 53.4 Å². The van der Waals surface area contributed by atoms with Crippen molar-refractivity contribution in [1.82, 2.24) is 19.9 Å². The summed E-state index contributed by atoms with van der Waals surface area (Å²) in [6.45, 7) is 7.02. The van der Waals surface area contributed by atoms with Gasteiger partial charge < -0.3 is 5.73 Å². The van der Waals surface area contributed by atoms with Crippen LogP contribution in [0.2, 0.25) is 0 Å². The average Bonchev–Trinajstić information content (AvgIpc) is 3.05. The summed E-state index contributed by atoms with van der Waals surface area (Å²) >= 11 is 0. The van der Waals surface area contributed by atoms with Crippen LogP contribution in [-0.2, 0) is 13.1 Å². The van der Waals surface area contributed by atoms with Gasteiger partial charge in [0.25, 0.3) is 0 Å². The van der Waals surface area contributed by atoms with Crippen LogP contribution in [-0.4, -0.2) is 39.5 Å². The molecule has 2 heterocycles. The van der Waals surface area contributed by atoms with E-state index in [0.29, 0.717) is 12.5 Å². The Hall–Kier alpha value is -1.98. The van der Waals surface area contributed by atoms with Gasteiger partial charge in [0.15, 0.2) is 0 Å². The Bertz CT molecular complexity index is 653. The monoisotopic (exact) mass is 325 g/mol. The number of nitrogens with two attached hydrogens (primary N) is 1. The normalized spacial score (nSPS) is 17.3. The summed E-state index contributed by atoms with van der Waals surface area (Å²) < 4.78 is 1.95. The third kappa shape index (κ3) is 4.76. The number of benzene rings is 1. The maximum Gasteiger partial charge on any atom is 0.0962 e. The van der Waals surface area contributed by atoms with Gasteiger partial charge >= 0.3 is 0 Å². The molecule has 1 fully saturated rings. The lowest BCUT2D eigenvalue weighted by atomic mass is 9.96. The van der Waals surface area contributed by atoms with Crippen molar-refractivity contribution in [2.24, 2.45) is 11.7 Å². The molecule has 0 amide bonds. The molecule has 1 aromatic carbocycles. The summed E-state index contributed by atoms with van der Waals surface area (Å²) in [5, 5.41) is 8.22. The zero-order chi connectivity index (χ0) is 16.8. The van der Waals surface area contributed by atoms with E-state index in [4.69, 9.17) is 5.73 Å². The van der Waals surface area contributed by atoms with Gasteiger partial charge in [-0.25, -0.2) is 0 Å². The van der Waals surface area contributed by atoms with Crippen molar-refractivity contribution in [1.29, 1.82) is 0 Å². The lowest BCUT2D eigenvalue weighted by Gasteiger charge is -2.32. The lowest BCUT2D eigenvalue weighted by Crippen LogP contribution is -2.36. The second-order valence-corrected chi connectivity index (χ2v) is 6.76. The molecule has 1 aromatic heterocycles. The van der Waals surface area contributed by atoms with Gasteiger partial charge in [0.05, 0.1) is 5.69 Å². The van der Waals surface area contributed by atoms with Gasteiger partial charge in [-0.1, -0.05) is 47.2 Å². The lowest BCUT2D eigenvalue weighted by molar-refractivity contribution is 0.182. The molecule has 0 atom stereocenters. The summed E-state index contributed by atoms with van der Waals surface area (Å²) in [6, 6.07) is 10.5. The minimum atomic E-state index is 0.464. The Morgan fingerprint density at radius 1 is 1.25 bits per heavy atom. The number of hydrogen-bond acceptors (Lipinski definition) is 4. The summed E-state index contributed by atoms with van der Waals surface area (Å²) in [6.07, 6.45) is 6.70. The van der Waals surface area contributed by atoms with E-state index >= 15 is 0 Å². The van der Waals surface area contributed by atoms with E-state index in [2.05, 4.69) is 58.5 Å². The maximum absolute atomic E-state index is 5.59. The van der Waals surface area contributed by atoms with Crippen LogP contribution in [0.25, 0.3) is 6.08 Å². The van der Waals surface area contributed by atoms with Crippen molar-refractivity contribution >= 4 is 6.08 Å². The first kappa shape index (κ1) is 16.9. The predicted octanol–water partition coefficient (Wildman–Crippen LogP) is 2.55. The van der Waals surface area contributed by atoms with E-state index in [1.807, 2.05) is 10.9 Å². The van der Waals surface area contributed by atoms with Gasteiger partial charge in [-0.05, 0) is 44.3 Å². The fourth-order valence-electron chi connectivity index (χ4n) is 3.35. The molecule has 3 rings (SSSR count). The minimum absolute atomic E-state index is 0.464. The minimum Gasteiger partial charge on any atom is -0.325 e. The van der Waals surface area contributed by atoms with Crippen LogP contribution in [0.5, 0.6) is 0 Å². The Morgan fingerprint density at radius 3 is 2.67 bits per heavy atom. The van der Waals surface area contributed by atoms with Gasteiger partial charge in [0.2, 0.25) is 0 Å². The van der Waals surface area contributed by atoms with Crippen molar-refractivity contribution in [2.45, 2.75) is 32.9 Å². The van der Waals surface area contributed by atoms with Gasteiger partial charge in [0, 0.05) is 25.8 Å². The third-order valence-corrected chi connectivity index (χ3v) is 4.63. The van der Waals surface area contributed by atoms with Crippen LogP contribution in [0.1, 0.15) is 31.0 Å². The van der Waals surface area contributed by atoms with Crippen LogP contribution >= 0.6 is 0 Å². The zero-order valence-electron chi connectivity index (χ0n) is 14.4. The quantitative estimate of drug-likeness (QED) is 0.887. The molecule has 2 aromatic rings. The molecule has 0 radical (unpaired) electrons. The van der Waals surface area contributed by atoms with E-state index < -0.39 is 0 Å². The fourth-order valence-corrected chi connectivity index (χ4v) is 3.35. The molecule has 1 aliphatic heterocycles. The Morgan fingerprint density at radius 2 is 2.00 bits per heavy atom. The Labute approximate surface area is 144 Å². The van der Waals surface area contributed by atoms with Gasteiger partial charge in [-0.2, -0.15) is 0 Å². The Kier molecular flexibility index (Phi) is 5.77. The third-order valence-electron chi connectivity index (χ3n) is 4.63. The molecule has 1 aliphatic rings. The molecular formula is C19H27N5. The van der Waals surface area contributed by atoms with Crippen molar-refractivity contribution in [2.75, 3.05) is 19.6 Å². The fraction of sp³-hybridized carbons (Fsp3) is 0.474. The molecule has 0 bridgehead atoms. The van der Waals surface area contributed by atoms with Gasteiger partial charge in [-0.15, -0.1) is 5.10 Å². The van der Waals surface area contributed by atoms with E-state index in [0.717, 1.165) is 31.9 Å². The van der Waals surface area contributed by atoms with E-state index in [1.165, 1.54) is 24.0 Å². The summed E-state index contributed by atoms with van der Waals surface area (Å²) in [7, 11) is 0. The van der Waals surface area contributed by atoms with Crippen molar-refractivity contribution < 1.29 is 0 Å². The second-order valence-electron chi connectivity index (χ2n) is 6.76. The average molecular weight is 325 g/mol. The van der Waals surface area contributed by atoms with Crippen LogP contribution in [0.3, 0.4) is 0 Å². The van der Waals surface area contributed by atoms with Gasteiger partial charge in [0.1, 0.15) is 0 Å². The number of nitrogens with zero attached hydrogens (tertiary/aromatic N) is 4. The maximum atomic E-state index is 5.59. The largest absolute Gasteiger partial charge is 0.325 e. The van der Waals surface area contributed by atoms with Gasteiger partial charge in [-0.3, -0.25) is 9.58 Å². The molecule has 0 saturated carbocycles. The highest BCUT2D eigenvalue weighted by molar-refractivity contribution is 5.52. The van der Waals surface area contributed by atoms with Crippen LogP contribution < -0.4 is 5.73 Å². The standard InChI is InChI=1S/C19H27N5/c1-16(11-17-5-3-2-4-6-17)13-23-9-7-18(8-10-23)14-24-15-19(12-20)21-22-24/h2-6,11,15,18H,7-10,12-14,20H2,1H3/b16-11+. The molecule has 5 heteroatoms. The highest BCUT2D eigenvalue weighted by Crippen LogP contribution is 2.20. The number of likely N-dealkylation sites (tertiary alicyclic amines) is 1. The molecule has 128 valence electrons. The number of piperidine rings is 1. The number of hydrogen-bond donors (Lipinski definition) is 1. The molecule has 24 heavy (non-hydrogen) atoms. The second kappa shape index (κ2) is 8.22. The number of rotatable bonds is 6.